The van der Waals surface area contributed by atoms with Crippen molar-refractivity contribution in [2.75, 3.05) is 16.8 Å². The van der Waals surface area contributed by atoms with E-state index in [9.17, 15) is 9.59 Å². The fourth-order valence-corrected chi connectivity index (χ4v) is 2.87. The van der Waals surface area contributed by atoms with Gasteiger partial charge in [0.15, 0.2) is 0 Å². The summed E-state index contributed by atoms with van der Waals surface area (Å²) in [5, 5.41) is 7.08. The summed E-state index contributed by atoms with van der Waals surface area (Å²) in [5.41, 5.74) is 1.77. The van der Waals surface area contributed by atoms with E-state index < -0.39 is 0 Å². The largest absolute Gasteiger partial charge is 0.310 e. The second kappa shape index (κ2) is 7.04. The quantitative estimate of drug-likeness (QED) is 0.904. The van der Waals surface area contributed by atoms with Gasteiger partial charge in [0, 0.05) is 31.9 Å². The summed E-state index contributed by atoms with van der Waals surface area (Å²) in [5.74, 6) is 0.362. The van der Waals surface area contributed by atoms with Gasteiger partial charge in [-0.05, 0) is 24.5 Å². The van der Waals surface area contributed by atoms with Crippen LogP contribution in [0.5, 0.6) is 0 Å². The predicted octanol–water partition coefficient (Wildman–Crippen LogP) is 2.23. The number of nitrogens with zero attached hydrogens (tertiary/aromatic N) is 4. The number of amides is 2. The molecule has 0 spiro atoms. The number of pyridine rings is 1. The third-order valence-corrected chi connectivity index (χ3v) is 4.14. The molecular formula is C18H23N5O2. The Labute approximate surface area is 147 Å². The number of carbonyl (C=O) groups is 2. The molecule has 1 saturated heterocycles. The van der Waals surface area contributed by atoms with Gasteiger partial charge in [-0.25, -0.2) is 4.98 Å². The molecule has 1 N–H and O–H groups in total. The van der Waals surface area contributed by atoms with Crippen molar-refractivity contribution in [1.82, 2.24) is 14.8 Å². The van der Waals surface area contributed by atoms with Crippen LogP contribution in [0.1, 0.15) is 25.8 Å². The maximum absolute atomic E-state index is 12.4. The summed E-state index contributed by atoms with van der Waals surface area (Å²) in [7, 11) is 0. The van der Waals surface area contributed by atoms with Crippen LogP contribution in [0.25, 0.3) is 0 Å². The standard InChI is InChI=1S/C18H23N5O2/c1-12(2)9-22-11-15(8-20-22)23-10-14(6-17(23)24)18(25)21-16-5-4-13(3)7-19-16/h4-5,7-8,11-12,14H,6,9-10H2,1-3H3,(H,19,21,25)/t14-/m1/s1. The zero-order chi connectivity index (χ0) is 18.0. The van der Waals surface area contributed by atoms with Gasteiger partial charge < -0.3 is 10.2 Å². The van der Waals surface area contributed by atoms with Gasteiger partial charge in [0.25, 0.3) is 0 Å². The zero-order valence-corrected chi connectivity index (χ0v) is 14.8. The summed E-state index contributed by atoms with van der Waals surface area (Å²) >= 11 is 0. The molecule has 1 atom stereocenters. The lowest BCUT2D eigenvalue weighted by Gasteiger charge is -2.14. The molecular weight excluding hydrogens is 318 g/mol. The molecule has 3 heterocycles. The summed E-state index contributed by atoms with van der Waals surface area (Å²) in [6.07, 6.45) is 5.44. The number of rotatable bonds is 5. The number of nitrogens with one attached hydrogen (secondary N) is 1. The van der Waals surface area contributed by atoms with Crippen LogP contribution in [0.3, 0.4) is 0 Å². The van der Waals surface area contributed by atoms with E-state index in [0.29, 0.717) is 18.3 Å². The lowest BCUT2D eigenvalue weighted by atomic mass is 10.1. The smallest absolute Gasteiger partial charge is 0.230 e. The van der Waals surface area contributed by atoms with Crippen molar-refractivity contribution in [2.24, 2.45) is 11.8 Å². The molecule has 0 bridgehead atoms. The lowest BCUT2D eigenvalue weighted by Crippen LogP contribution is -2.28. The van der Waals surface area contributed by atoms with Gasteiger partial charge >= 0.3 is 0 Å². The fraction of sp³-hybridized carbons (Fsp3) is 0.444. The molecule has 7 nitrogen and oxygen atoms in total. The molecule has 132 valence electrons. The normalized spacial score (nSPS) is 17.4. The first-order valence-corrected chi connectivity index (χ1v) is 8.48. The van der Waals surface area contributed by atoms with Gasteiger partial charge in [-0.15, -0.1) is 0 Å². The Morgan fingerprint density at radius 3 is 2.84 bits per heavy atom. The fourth-order valence-electron chi connectivity index (χ4n) is 2.87. The van der Waals surface area contributed by atoms with Crippen LogP contribution in [0.15, 0.2) is 30.7 Å². The van der Waals surface area contributed by atoms with E-state index in [4.69, 9.17) is 0 Å². The van der Waals surface area contributed by atoms with Gasteiger partial charge in [0.05, 0.1) is 17.8 Å². The molecule has 1 aliphatic rings. The van der Waals surface area contributed by atoms with E-state index >= 15 is 0 Å². The van der Waals surface area contributed by atoms with Crippen molar-refractivity contribution in [3.8, 4) is 0 Å². The minimum Gasteiger partial charge on any atom is -0.310 e. The molecule has 3 rings (SSSR count). The minimum atomic E-state index is -0.385. The van der Waals surface area contributed by atoms with Gasteiger partial charge in [-0.2, -0.15) is 5.10 Å². The maximum Gasteiger partial charge on any atom is 0.230 e. The van der Waals surface area contributed by atoms with E-state index in [1.54, 1.807) is 23.4 Å². The van der Waals surface area contributed by atoms with Crippen molar-refractivity contribution < 1.29 is 9.59 Å². The summed E-state index contributed by atoms with van der Waals surface area (Å²) in [6, 6.07) is 3.65. The van der Waals surface area contributed by atoms with Crippen molar-refractivity contribution >= 4 is 23.3 Å². The SMILES string of the molecule is Cc1ccc(NC(=O)[C@@H]2CC(=O)N(c3cnn(CC(C)C)c3)C2)nc1. The average Bonchev–Trinajstić information content (AvgIpc) is 3.15. The highest BCUT2D eigenvalue weighted by Gasteiger charge is 2.35. The molecule has 0 aromatic carbocycles. The molecule has 25 heavy (non-hydrogen) atoms. The number of hydrogen-bond donors (Lipinski definition) is 1. The first kappa shape index (κ1) is 17.1. The number of carbonyl (C=O) groups excluding carboxylic acids is 2. The Morgan fingerprint density at radius 2 is 2.16 bits per heavy atom. The summed E-state index contributed by atoms with van der Waals surface area (Å²) in [4.78, 5) is 30.5. The minimum absolute atomic E-state index is 0.0545. The van der Waals surface area contributed by atoms with E-state index in [1.807, 2.05) is 23.9 Å². The molecule has 2 amide bonds. The van der Waals surface area contributed by atoms with Gasteiger partial charge in [0.1, 0.15) is 5.82 Å². The molecule has 1 aliphatic heterocycles. The van der Waals surface area contributed by atoms with Crippen LogP contribution in [0, 0.1) is 18.8 Å². The first-order valence-electron chi connectivity index (χ1n) is 8.48. The Balaban J connectivity index is 1.64. The number of anilines is 2. The van der Waals surface area contributed by atoms with Crippen LogP contribution < -0.4 is 10.2 Å². The van der Waals surface area contributed by atoms with Crippen LogP contribution in [-0.2, 0) is 16.1 Å². The molecule has 0 unspecified atom stereocenters. The lowest BCUT2D eigenvalue weighted by molar-refractivity contribution is -0.122. The Bertz CT molecular complexity index is 766. The van der Waals surface area contributed by atoms with Crippen LogP contribution >= 0.6 is 0 Å². The highest BCUT2D eigenvalue weighted by Crippen LogP contribution is 2.25. The number of hydrogen-bond acceptors (Lipinski definition) is 4. The monoisotopic (exact) mass is 341 g/mol. The van der Waals surface area contributed by atoms with Crippen molar-refractivity contribution in [3.63, 3.8) is 0 Å². The third kappa shape index (κ3) is 4.04. The predicted molar refractivity (Wildman–Crippen MR) is 95.1 cm³/mol. The maximum atomic E-state index is 12.4. The molecule has 2 aromatic heterocycles. The summed E-state index contributed by atoms with van der Waals surface area (Å²) < 4.78 is 1.83. The van der Waals surface area contributed by atoms with Crippen molar-refractivity contribution in [1.29, 1.82) is 0 Å². The van der Waals surface area contributed by atoms with E-state index in [2.05, 4.69) is 29.2 Å². The molecule has 7 heteroatoms. The van der Waals surface area contributed by atoms with Gasteiger partial charge in [-0.1, -0.05) is 19.9 Å². The van der Waals surface area contributed by atoms with Crippen molar-refractivity contribution in [2.45, 2.75) is 33.7 Å². The molecule has 1 fully saturated rings. The zero-order valence-electron chi connectivity index (χ0n) is 14.8. The third-order valence-electron chi connectivity index (χ3n) is 4.14. The Morgan fingerprint density at radius 1 is 1.36 bits per heavy atom. The average molecular weight is 341 g/mol. The molecule has 0 radical (unpaired) electrons. The Kier molecular flexibility index (Phi) is 4.83. The van der Waals surface area contributed by atoms with E-state index in [0.717, 1.165) is 17.8 Å². The first-order chi connectivity index (χ1) is 11.9. The Hall–Kier alpha value is -2.70. The molecule has 0 saturated carbocycles. The van der Waals surface area contributed by atoms with E-state index in [-0.39, 0.29) is 24.2 Å². The topological polar surface area (TPSA) is 80.1 Å². The summed E-state index contributed by atoms with van der Waals surface area (Å²) in [6.45, 7) is 7.32. The van der Waals surface area contributed by atoms with Crippen molar-refractivity contribution in [3.05, 3.63) is 36.3 Å². The van der Waals surface area contributed by atoms with E-state index in [1.165, 1.54) is 0 Å². The highest BCUT2D eigenvalue weighted by molar-refractivity contribution is 6.03. The van der Waals surface area contributed by atoms with Crippen LogP contribution in [-0.4, -0.2) is 33.1 Å². The number of aromatic nitrogens is 3. The van der Waals surface area contributed by atoms with Gasteiger partial charge in [-0.3, -0.25) is 14.3 Å². The highest BCUT2D eigenvalue weighted by atomic mass is 16.2. The molecule has 2 aromatic rings. The van der Waals surface area contributed by atoms with Crippen LogP contribution in [0.2, 0.25) is 0 Å². The molecule has 0 aliphatic carbocycles. The second-order valence-corrected chi connectivity index (χ2v) is 6.93. The van der Waals surface area contributed by atoms with Gasteiger partial charge in [0.2, 0.25) is 11.8 Å². The number of aryl methyl sites for hydroxylation is 1. The van der Waals surface area contributed by atoms with Crippen LogP contribution in [0.4, 0.5) is 11.5 Å². The second-order valence-electron chi connectivity index (χ2n) is 6.93.